The smallest absolute Gasteiger partial charge is 0.161 e. The topological polar surface area (TPSA) is 17.0 Å². The molecule has 1 N–H and O–H groups in total. The van der Waals surface area contributed by atoms with Gasteiger partial charge in [-0.05, 0) is 25.5 Å². The van der Waals surface area contributed by atoms with Gasteiger partial charge in [-0.1, -0.05) is 0 Å². The van der Waals surface area contributed by atoms with Crippen molar-refractivity contribution in [2.45, 2.75) is 20.4 Å². The zero-order valence-corrected chi connectivity index (χ0v) is 11.0. The molecule has 1 aromatic carbocycles. The summed E-state index contributed by atoms with van der Waals surface area (Å²) in [6, 6.07) is 3.34. The number of nitrogens with one attached hydrogen (secondary N) is 1. The van der Waals surface area contributed by atoms with Crippen molar-refractivity contribution in [2.24, 2.45) is 7.05 Å². The molecule has 0 saturated heterocycles. The van der Waals surface area contributed by atoms with Gasteiger partial charge in [0.05, 0.1) is 5.69 Å². The van der Waals surface area contributed by atoms with Crippen molar-refractivity contribution in [2.75, 3.05) is 5.32 Å². The van der Waals surface area contributed by atoms with Gasteiger partial charge >= 0.3 is 0 Å². The first-order valence-electron chi connectivity index (χ1n) is 5.90. The lowest BCUT2D eigenvalue weighted by atomic mass is 10.2. The van der Waals surface area contributed by atoms with Crippen LogP contribution in [0.2, 0.25) is 0 Å². The molecule has 102 valence electrons. The Morgan fingerprint density at radius 2 is 1.63 bits per heavy atom. The van der Waals surface area contributed by atoms with Crippen LogP contribution in [0.3, 0.4) is 0 Å². The first kappa shape index (κ1) is 13.5. The van der Waals surface area contributed by atoms with Crippen LogP contribution in [0.4, 0.5) is 18.9 Å². The van der Waals surface area contributed by atoms with Crippen LogP contribution in [0.15, 0.2) is 18.2 Å². The van der Waals surface area contributed by atoms with Gasteiger partial charge in [0, 0.05) is 37.1 Å². The number of aryl methyl sites for hydroxylation is 1. The molecular formula is C14H15F3N2. The Bertz CT molecular complexity index is 618. The molecule has 0 aliphatic heterocycles. The quantitative estimate of drug-likeness (QED) is 0.840. The highest BCUT2D eigenvalue weighted by molar-refractivity contribution is 5.46. The molecule has 0 unspecified atom stereocenters. The molecule has 0 atom stereocenters. The van der Waals surface area contributed by atoms with Crippen LogP contribution in [-0.2, 0) is 13.6 Å². The molecule has 2 rings (SSSR count). The Morgan fingerprint density at radius 3 is 2.21 bits per heavy atom. The molecule has 5 heteroatoms. The van der Waals surface area contributed by atoms with Crippen LogP contribution < -0.4 is 5.32 Å². The maximum Gasteiger partial charge on any atom is 0.161 e. The fourth-order valence-corrected chi connectivity index (χ4v) is 1.96. The number of aromatic nitrogens is 1. The van der Waals surface area contributed by atoms with Crippen LogP contribution in [0.5, 0.6) is 0 Å². The second-order valence-corrected chi connectivity index (χ2v) is 4.56. The highest BCUT2D eigenvalue weighted by Gasteiger charge is 2.11. The van der Waals surface area contributed by atoms with Gasteiger partial charge in [0.15, 0.2) is 11.6 Å². The Labute approximate surface area is 109 Å². The van der Waals surface area contributed by atoms with E-state index in [1.165, 1.54) is 0 Å². The molecule has 0 saturated carbocycles. The average molecular weight is 268 g/mol. The Hall–Kier alpha value is -1.91. The van der Waals surface area contributed by atoms with Gasteiger partial charge in [-0.2, -0.15) is 0 Å². The van der Waals surface area contributed by atoms with Crippen molar-refractivity contribution in [1.29, 1.82) is 0 Å². The number of halogens is 3. The SMILES string of the molecule is Cc1cc(CNc2cc(F)c(F)cc2F)c(C)n1C. The third-order valence-electron chi connectivity index (χ3n) is 3.36. The molecule has 2 aromatic rings. The zero-order valence-electron chi connectivity index (χ0n) is 11.0. The number of rotatable bonds is 3. The summed E-state index contributed by atoms with van der Waals surface area (Å²) in [5, 5.41) is 2.78. The van der Waals surface area contributed by atoms with E-state index >= 15 is 0 Å². The molecule has 0 fully saturated rings. The number of anilines is 1. The summed E-state index contributed by atoms with van der Waals surface area (Å²) in [4.78, 5) is 0. The molecule has 1 aromatic heterocycles. The normalized spacial score (nSPS) is 10.8. The number of nitrogens with zero attached hydrogens (tertiary/aromatic N) is 1. The van der Waals surface area contributed by atoms with Crippen molar-refractivity contribution < 1.29 is 13.2 Å². The van der Waals surface area contributed by atoms with Gasteiger partial charge in [-0.25, -0.2) is 13.2 Å². The van der Waals surface area contributed by atoms with E-state index in [9.17, 15) is 13.2 Å². The minimum absolute atomic E-state index is 0.0418. The second kappa shape index (κ2) is 4.99. The standard InChI is InChI=1S/C14H15F3N2/c1-8-4-10(9(2)19(8)3)7-18-14-6-12(16)11(15)5-13(14)17/h4-6,18H,7H2,1-3H3. The summed E-state index contributed by atoms with van der Waals surface area (Å²) in [5.41, 5.74) is 3.08. The molecule has 19 heavy (non-hydrogen) atoms. The van der Waals surface area contributed by atoms with Crippen LogP contribution >= 0.6 is 0 Å². The van der Waals surface area contributed by atoms with Crippen molar-refractivity contribution >= 4 is 5.69 Å². The highest BCUT2D eigenvalue weighted by atomic mass is 19.2. The van der Waals surface area contributed by atoms with Crippen molar-refractivity contribution in [1.82, 2.24) is 4.57 Å². The van der Waals surface area contributed by atoms with E-state index < -0.39 is 17.5 Å². The van der Waals surface area contributed by atoms with Gasteiger partial charge in [0.1, 0.15) is 5.82 Å². The Morgan fingerprint density at radius 1 is 1.00 bits per heavy atom. The highest BCUT2D eigenvalue weighted by Crippen LogP contribution is 2.20. The van der Waals surface area contributed by atoms with E-state index in [2.05, 4.69) is 5.32 Å². The van der Waals surface area contributed by atoms with Gasteiger partial charge in [0.25, 0.3) is 0 Å². The zero-order chi connectivity index (χ0) is 14.2. The largest absolute Gasteiger partial charge is 0.378 e. The van der Waals surface area contributed by atoms with E-state index in [1.807, 2.05) is 31.5 Å². The molecule has 2 nitrogen and oxygen atoms in total. The third-order valence-corrected chi connectivity index (χ3v) is 3.36. The predicted octanol–water partition coefficient (Wildman–Crippen LogP) is 3.67. The lowest BCUT2D eigenvalue weighted by molar-refractivity contribution is 0.496. The monoisotopic (exact) mass is 268 g/mol. The summed E-state index contributed by atoms with van der Waals surface area (Å²) < 4.78 is 41.3. The molecule has 0 bridgehead atoms. The van der Waals surface area contributed by atoms with E-state index in [0.717, 1.165) is 23.0 Å². The molecule has 0 amide bonds. The average Bonchev–Trinajstić information content (AvgIpc) is 2.60. The summed E-state index contributed by atoms with van der Waals surface area (Å²) in [6.45, 7) is 4.27. The molecule has 0 aliphatic carbocycles. The van der Waals surface area contributed by atoms with E-state index in [4.69, 9.17) is 0 Å². The van der Waals surface area contributed by atoms with Crippen LogP contribution in [0, 0.1) is 31.3 Å². The summed E-state index contributed by atoms with van der Waals surface area (Å²) >= 11 is 0. The maximum absolute atomic E-state index is 13.4. The summed E-state index contributed by atoms with van der Waals surface area (Å²) in [6.07, 6.45) is 0. The van der Waals surface area contributed by atoms with E-state index in [1.54, 1.807) is 0 Å². The van der Waals surface area contributed by atoms with Crippen LogP contribution in [0.1, 0.15) is 17.0 Å². The van der Waals surface area contributed by atoms with Gasteiger partial charge in [0.2, 0.25) is 0 Å². The Kier molecular flexibility index (Phi) is 3.55. The molecule has 0 spiro atoms. The molecule has 0 radical (unpaired) electrons. The number of hydrogen-bond donors (Lipinski definition) is 1. The van der Waals surface area contributed by atoms with E-state index in [-0.39, 0.29) is 5.69 Å². The molecular weight excluding hydrogens is 253 g/mol. The maximum atomic E-state index is 13.4. The lowest BCUT2D eigenvalue weighted by Crippen LogP contribution is -2.04. The number of benzene rings is 1. The van der Waals surface area contributed by atoms with Gasteiger partial charge in [-0.3, -0.25) is 0 Å². The van der Waals surface area contributed by atoms with Crippen LogP contribution in [0.25, 0.3) is 0 Å². The summed E-state index contributed by atoms with van der Waals surface area (Å²) in [7, 11) is 1.94. The van der Waals surface area contributed by atoms with Crippen molar-refractivity contribution in [3.8, 4) is 0 Å². The minimum Gasteiger partial charge on any atom is -0.378 e. The fourth-order valence-electron chi connectivity index (χ4n) is 1.96. The third kappa shape index (κ3) is 2.59. The van der Waals surface area contributed by atoms with Crippen LogP contribution in [-0.4, -0.2) is 4.57 Å². The lowest BCUT2D eigenvalue weighted by Gasteiger charge is -2.08. The molecule has 1 heterocycles. The fraction of sp³-hybridized carbons (Fsp3) is 0.286. The minimum atomic E-state index is -1.19. The van der Waals surface area contributed by atoms with Gasteiger partial charge < -0.3 is 9.88 Å². The second-order valence-electron chi connectivity index (χ2n) is 4.56. The predicted molar refractivity (Wildman–Crippen MR) is 68.5 cm³/mol. The van der Waals surface area contributed by atoms with Gasteiger partial charge in [-0.15, -0.1) is 0 Å². The first-order chi connectivity index (χ1) is 8.90. The molecule has 0 aliphatic rings. The Balaban J connectivity index is 2.19. The van der Waals surface area contributed by atoms with Crippen molar-refractivity contribution in [3.05, 3.63) is 52.6 Å². The van der Waals surface area contributed by atoms with Crippen molar-refractivity contribution in [3.63, 3.8) is 0 Å². The number of hydrogen-bond acceptors (Lipinski definition) is 1. The summed E-state index contributed by atoms with van der Waals surface area (Å²) in [5.74, 6) is -3.05. The van der Waals surface area contributed by atoms with E-state index in [0.29, 0.717) is 12.6 Å². The first-order valence-corrected chi connectivity index (χ1v) is 5.90.